The predicted octanol–water partition coefficient (Wildman–Crippen LogP) is 19.4. The standard InChI is InChI=1S/C33H20F3N5.C33H18F3N5.C6H3BrF3N.Pt/c2*34-33(35,36)21-14-16-37-32(18-21)41-29-9-4-2-7-25(29)27-13-11-23(20-31(27)41)40-28-8-3-1-6-24(28)26-12-10-22(19-30(26)40)39-17-5-15-38-39;7-5-3-4(1-2-11-5)6(8,9)10;/h1-20H;1-18H;1-3H;/q;-2;;+2. The number of rotatable bonds is 6. The molecule has 9 aromatic heterocycles. The maximum atomic E-state index is 13.7. The van der Waals surface area contributed by atoms with Gasteiger partial charge in [0, 0.05) is 81.6 Å². The number of aromatic nitrogens is 11. The van der Waals surface area contributed by atoms with Crippen LogP contribution in [0.5, 0.6) is 0 Å². The quantitative estimate of drug-likeness (QED) is 0.0939. The molecule has 0 aliphatic heterocycles. The van der Waals surface area contributed by atoms with Gasteiger partial charge in [-0.3, -0.25) is 9.25 Å². The summed E-state index contributed by atoms with van der Waals surface area (Å²) in [6, 6.07) is 68.9. The SMILES string of the molecule is FC(F)(F)c1ccnc(-n2c3[c-]c(-n4c5[c-]c(-n6cccn6)ccc5c5ccccc54)ccc3c3ccccc32)c1.FC(F)(F)c1ccnc(-n2c3ccccc3c3ccc(-n4c5ccccc5c5ccc(-n6cccn6)cc54)cc32)c1.FC(F)(F)c1ccnc(Br)c1.[Pt+2]. The zero-order valence-electron chi connectivity index (χ0n) is 48.2. The molecule has 17 rings (SSSR count). The molecule has 0 saturated carbocycles. The third-order valence-electron chi connectivity index (χ3n) is 16.1. The largest absolute Gasteiger partial charge is 2.00 e. The number of benzene rings is 8. The van der Waals surface area contributed by atoms with Crippen molar-refractivity contribution in [2.45, 2.75) is 18.5 Å². The van der Waals surface area contributed by atoms with E-state index in [2.05, 4.69) is 105 Å². The Morgan fingerprint density at radius 3 is 1.23 bits per heavy atom. The molecule has 9 heterocycles. The van der Waals surface area contributed by atoms with Gasteiger partial charge in [0.2, 0.25) is 0 Å². The first-order chi connectivity index (χ1) is 44.9. The first-order valence-electron chi connectivity index (χ1n) is 28.7. The van der Waals surface area contributed by atoms with E-state index in [0.29, 0.717) is 5.52 Å². The van der Waals surface area contributed by atoms with Crippen LogP contribution in [-0.4, -0.2) is 52.8 Å². The van der Waals surface area contributed by atoms with Crippen LogP contribution >= 0.6 is 15.9 Å². The molecule has 0 N–H and O–H groups in total. The van der Waals surface area contributed by atoms with E-state index in [9.17, 15) is 39.5 Å². The Bertz CT molecular complexity index is 5390. The number of pyridine rings is 3. The molecule has 0 radical (unpaired) electrons. The fourth-order valence-corrected chi connectivity index (χ4v) is 12.5. The molecule has 22 heteroatoms. The number of halogens is 10. The van der Waals surface area contributed by atoms with E-state index in [1.807, 2.05) is 149 Å². The van der Waals surface area contributed by atoms with Crippen molar-refractivity contribution in [2.75, 3.05) is 0 Å². The van der Waals surface area contributed by atoms with Gasteiger partial charge < -0.3 is 13.7 Å². The summed E-state index contributed by atoms with van der Waals surface area (Å²) in [5.41, 5.74) is 7.90. The van der Waals surface area contributed by atoms with Crippen LogP contribution in [0.3, 0.4) is 0 Å². The summed E-state index contributed by atoms with van der Waals surface area (Å²) in [5.74, 6) is 0.389. The zero-order valence-corrected chi connectivity index (χ0v) is 52.0. The van der Waals surface area contributed by atoms with Crippen molar-refractivity contribution in [2.24, 2.45) is 0 Å². The summed E-state index contributed by atoms with van der Waals surface area (Å²) in [5, 5.41) is 16.7. The number of para-hydroxylation sites is 4. The number of hydrogen-bond donors (Lipinski definition) is 0. The van der Waals surface area contributed by atoms with Crippen LogP contribution in [0.25, 0.3) is 122 Å². The summed E-state index contributed by atoms with van der Waals surface area (Å²) >= 11 is 2.84. The van der Waals surface area contributed by atoms with Gasteiger partial charge in [-0.1, -0.05) is 102 Å². The van der Waals surface area contributed by atoms with E-state index in [0.717, 1.165) is 147 Å². The van der Waals surface area contributed by atoms with Crippen LogP contribution in [-0.2, 0) is 39.6 Å². The minimum absolute atomic E-state index is 0. The van der Waals surface area contributed by atoms with Crippen LogP contribution < -0.4 is 0 Å². The molecule has 0 aliphatic carbocycles. The van der Waals surface area contributed by atoms with Crippen molar-refractivity contribution in [1.29, 1.82) is 0 Å². The second-order valence-electron chi connectivity index (χ2n) is 21.6. The molecule has 0 saturated heterocycles. The Hall–Kier alpha value is -10.6. The molecular weight excluding hydrogens is 1460 g/mol. The Morgan fingerprint density at radius 1 is 0.319 bits per heavy atom. The molecule has 0 unspecified atom stereocenters. The third kappa shape index (κ3) is 10.9. The van der Waals surface area contributed by atoms with Crippen molar-refractivity contribution in [3.8, 4) is 34.4 Å². The Kier molecular flexibility index (Phi) is 15.4. The van der Waals surface area contributed by atoms with E-state index in [1.165, 1.54) is 12.4 Å². The normalized spacial score (nSPS) is 12.1. The number of nitrogens with zero attached hydrogens (tertiary/aromatic N) is 11. The maximum Gasteiger partial charge on any atom is 2.00 e. The fraction of sp³-hybridized carbons (Fsp3) is 0.0417. The average Bonchev–Trinajstić information content (AvgIpc) is 1.58. The second kappa shape index (κ2) is 23.8. The van der Waals surface area contributed by atoms with Gasteiger partial charge in [-0.25, -0.2) is 19.6 Å². The van der Waals surface area contributed by atoms with Gasteiger partial charge in [0.05, 0.1) is 44.4 Å². The van der Waals surface area contributed by atoms with Crippen LogP contribution in [0.4, 0.5) is 39.5 Å². The summed E-state index contributed by atoms with van der Waals surface area (Å²) in [7, 11) is 0. The van der Waals surface area contributed by atoms with Gasteiger partial charge >= 0.3 is 39.6 Å². The van der Waals surface area contributed by atoms with Crippen molar-refractivity contribution >= 4 is 103 Å². The average molecular weight is 1510 g/mol. The molecule has 464 valence electrons. The minimum Gasteiger partial charge on any atom is -0.358 e. The Balaban J connectivity index is 0.000000139. The van der Waals surface area contributed by atoms with Gasteiger partial charge in [0.15, 0.2) is 0 Å². The van der Waals surface area contributed by atoms with E-state index in [4.69, 9.17) is 0 Å². The van der Waals surface area contributed by atoms with Crippen LogP contribution in [0, 0.1) is 12.1 Å². The van der Waals surface area contributed by atoms with Crippen LogP contribution in [0.1, 0.15) is 16.7 Å². The molecule has 0 fully saturated rings. The predicted molar refractivity (Wildman–Crippen MR) is 345 cm³/mol. The zero-order chi connectivity index (χ0) is 63.9. The maximum absolute atomic E-state index is 13.7. The van der Waals surface area contributed by atoms with E-state index >= 15 is 0 Å². The summed E-state index contributed by atoms with van der Waals surface area (Å²) in [6.45, 7) is 0. The molecule has 0 bridgehead atoms. The monoisotopic (exact) mass is 1500 g/mol. The van der Waals surface area contributed by atoms with Gasteiger partial charge in [0.25, 0.3) is 0 Å². The van der Waals surface area contributed by atoms with Crippen LogP contribution in [0.15, 0.2) is 254 Å². The molecule has 0 aliphatic rings. The van der Waals surface area contributed by atoms with Crippen LogP contribution in [0.2, 0.25) is 0 Å². The van der Waals surface area contributed by atoms with Crippen molar-refractivity contribution in [3.05, 3.63) is 283 Å². The van der Waals surface area contributed by atoms with Crippen molar-refractivity contribution in [1.82, 2.24) is 52.8 Å². The Labute approximate surface area is 549 Å². The topological polar surface area (TPSA) is 94.0 Å². The molecule has 94 heavy (non-hydrogen) atoms. The fourth-order valence-electron chi connectivity index (χ4n) is 12.1. The summed E-state index contributed by atoms with van der Waals surface area (Å²) in [6.07, 6.45) is -2.51. The smallest absolute Gasteiger partial charge is 0.358 e. The van der Waals surface area contributed by atoms with Crippen molar-refractivity contribution in [3.63, 3.8) is 0 Å². The molecule has 11 nitrogen and oxygen atoms in total. The molecule has 0 atom stereocenters. The first kappa shape index (κ1) is 60.9. The van der Waals surface area contributed by atoms with E-state index in [-0.39, 0.29) is 37.3 Å². The molecule has 8 aromatic carbocycles. The first-order valence-corrected chi connectivity index (χ1v) is 29.5. The summed E-state index contributed by atoms with van der Waals surface area (Å²) in [4.78, 5) is 12.3. The van der Waals surface area contributed by atoms with Gasteiger partial charge in [-0.2, -0.15) is 61.8 Å². The number of fused-ring (bicyclic) bond motifs is 12. The summed E-state index contributed by atoms with van der Waals surface area (Å²) < 4.78 is 129. The minimum atomic E-state index is -4.49. The Morgan fingerprint density at radius 2 is 0.713 bits per heavy atom. The molecular formula is C72H41BrF9N11Pt. The van der Waals surface area contributed by atoms with Gasteiger partial charge in [-0.15, -0.1) is 35.0 Å². The third-order valence-corrected chi connectivity index (χ3v) is 16.6. The molecule has 17 aromatic rings. The second-order valence-corrected chi connectivity index (χ2v) is 22.4. The molecule has 0 amide bonds. The number of alkyl halides is 9. The van der Waals surface area contributed by atoms with Gasteiger partial charge in [0.1, 0.15) is 16.2 Å². The molecule has 0 spiro atoms. The van der Waals surface area contributed by atoms with E-state index in [1.54, 1.807) is 21.6 Å². The van der Waals surface area contributed by atoms with Gasteiger partial charge in [-0.05, 0) is 129 Å². The van der Waals surface area contributed by atoms with Crippen molar-refractivity contribution < 1.29 is 60.6 Å². The van der Waals surface area contributed by atoms with E-state index < -0.39 is 35.2 Å². The number of hydrogen-bond acceptors (Lipinski definition) is 5.